The van der Waals surface area contributed by atoms with Gasteiger partial charge in [-0.05, 0) is 0 Å². The van der Waals surface area contributed by atoms with E-state index in [1.165, 1.54) is 19.3 Å². The number of hydrogen-bond acceptors (Lipinski definition) is 0. The molecule has 2 radical (unpaired) electrons. The van der Waals surface area contributed by atoms with Crippen molar-refractivity contribution < 1.29 is 0 Å². The van der Waals surface area contributed by atoms with Crippen LogP contribution in [0.2, 0.25) is 0 Å². The van der Waals surface area contributed by atoms with Gasteiger partial charge in [0.05, 0.1) is 0 Å². The summed E-state index contributed by atoms with van der Waals surface area (Å²) in [6.07, 6.45) is 5.07. The van der Waals surface area contributed by atoms with Crippen molar-refractivity contribution in [1.29, 1.82) is 0 Å². The normalized spacial score (nSPS) is 7.62. The molecule has 42 valence electrons. The molecule has 0 aliphatic carbocycles. The summed E-state index contributed by atoms with van der Waals surface area (Å²) >= 11 is 1.10. The van der Waals surface area contributed by atoms with Crippen molar-refractivity contribution in [1.82, 2.24) is 0 Å². The molecule has 0 heterocycles. The monoisotopic (exact) mass is 210 g/mol. The molecule has 0 aliphatic rings. The van der Waals surface area contributed by atoms with Crippen molar-refractivity contribution in [2.24, 2.45) is 0 Å². The Morgan fingerprint density at radius 2 is 2.12 bits per heavy atom. The van der Waals surface area contributed by atoms with E-state index in [2.05, 4.69) is 16.5 Å². The van der Waals surface area contributed by atoms with E-state index in [-0.39, 0.29) is 0 Å². The molecule has 0 aliphatic heterocycles. The molecule has 0 bridgehead atoms. The maximum atomic E-state index is 3.09. The molecule has 0 spiro atoms. The molecule has 0 N–H and O–H groups in total. The second kappa shape index (κ2) is 7.43. The second-order valence-electron chi connectivity index (χ2n) is 1.78. The SMILES string of the molecule is CCCCCC#[C][In]. The zero-order valence-corrected chi connectivity index (χ0v) is 8.70. The fraction of sp³-hybridized carbons (Fsp3) is 0.714. The van der Waals surface area contributed by atoms with E-state index in [0.717, 1.165) is 30.8 Å². The summed E-state index contributed by atoms with van der Waals surface area (Å²) in [7, 11) is 0. The van der Waals surface area contributed by atoms with Crippen LogP contribution in [0.3, 0.4) is 0 Å². The van der Waals surface area contributed by atoms with E-state index in [4.69, 9.17) is 0 Å². The Labute approximate surface area is 66.6 Å². The summed E-state index contributed by atoms with van der Waals surface area (Å²) in [5, 5.41) is 0. The van der Waals surface area contributed by atoms with Gasteiger partial charge in [-0.2, -0.15) is 0 Å². The summed E-state index contributed by atoms with van der Waals surface area (Å²) in [5.74, 6) is 3.09. The molecule has 8 heavy (non-hydrogen) atoms. The summed E-state index contributed by atoms with van der Waals surface area (Å²) < 4.78 is 3.01. The molecule has 0 aromatic rings. The van der Waals surface area contributed by atoms with E-state index in [9.17, 15) is 0 Å². The van der Waals surface area contributed by atoms with Gasteiger partial charge in [-0.25, -0.2) is 0 Å². The van der Waals surface area contributed by atoms with Gasteiger partial charge in [0.1, 0.15) is 0 Å². The Hall–Kier alpha value is 0.430. The first-order valence-electron chi connectivity index (χ1n) is 3.10. The van der Waals surface area contributed by atoms with Crippen LogP contribution in [-0.2, 0) is 0 Å². The van der Waals surface area contributed by atoms with E-state index >= 15 is 0 Å². The first-order chi connectivity index (χ1) is 3.91. The van der Waals surface area contributed by atoms with Gasteiger partial charge in [-0.3, -0.25) is 0 Å². The van der Waals surface area contributed by atoms with Gasteiger partial charge < -0.3 is 0 Å². The predicted molar refractivity (Wildman–Crippen MR) is 37.7 cm³/mol. The molecule has 0 amide bonds. The van der Waals surface area contributed by atoms with E-state index in [0.29, 0.717) is 0 Å². The molecule has 0 aromatic carbocycles. The van der Waals surface area contributed by atoms with Gasteiger partial charge in [-0.1, -0.05) is 0 Å². The summed E-state index contributed by atoms with van der Waals surface area (Å²) in [6, 6.07) is 0. The van der Waals surface area contributed by atoms with Crippen LogP contribution in [0.4, 0.5) is 0 Å². The van der Waals surface area contributed by atoms with Crippen molar-refractivity contribution >= 4 is 24.4 Å². The van der Waals surface area contributed by atoms with Crippen LogP contribution in [0.5, 0.6) is 0 Å². The van der Waals surface area contributed by atoms with Crippen LogP contribution in [-0.4, -0.2) is 24.4 Å². The average molecular weight is 210 g/mol. The van der Waals surface area contributed by atoms with E-state index in [1.54, 1.807) is 0 Å². The third-order valence-corrected chi connectivity index (χ3v) is 1.59. The molecule has 0 nitrogen and oxygen atoms in total. The van der Waals surface area contributed by atoms with Gasteiger partial charge in [0.25, 0.3) is 0 Å². The molecular formula is C7H11In. The first-order valence-corrected chi connectivity index (χ1v) is 4.75. The zero-order valence-electron chi connectivity index (χ0n) is 5.41. The number of hydrogen-bond donors (Lipinski definition) is 0. The van der Waals surface area contributed by atoms with Crippen molar-refractivity contribution in [3.8, 4) is 9.60 Å². The van der Waals surface area contributed by atoms with Crippen LogP contribution in [0.25, 0.3) is 0 Å². The Bertz CT molecular complexity index is 86.3. The van der Waals surface area contributed by atoms with Gasteiger partial charge in [0, 0.05) is 0 Å². The third-order valence-electron chi connectivity index (χ3n) is 1.01. The van der Waals surface area contributed by atoms with Crippen LogP contribution in [0, 0.1) is 9.60 Å². The van der Waals surface area contributed by atoms with Crippen molar-refractivity contribution in [2.75, 3.05) is 0 Å². The fourth-order valence-electron chi connectivity index (χ4n) is 0.536. The minimum atomic E-state index is 1.10. The number of unbranched alkanes of at least 4 members (excludes halogenated alkanes) is 3. The molecule has 0 saturated carbocycles. The molecule has 0 saturated heterocycles. The average Bonchev–Trinajstić information content (AvgIpc) is 1.81. The Morgan fingerprint density at radius 3 is 2.62 bits per heavy atom. The van der Waals surface area contributed by atoms with Gasteiger partial charge in [0.2, 0.25) is 0 Å². The fourth-order valence-corrected chi connectivity index (χ4v) is 0.948. The van der Waals surface area contributed by atoms with Crippen molar-refractivity contribution in [2.45, 2.75) is 32.6 Å². The molecular weight excluding hydrogens is 199 g/mol. The van der Waals surface area contributed by atoms with Gasteiger partial charge in [0.15, 0.2) is 0 Å². The summed E-state index contributed by atoms with van der Waals surface area (Å²) in [5.41, 5.74) is 0. The van der Waals surface area contributed by atoms with Crippen LogP contribution >= 0.6 is 0 Å². The molecule has 0 fully saturated rings. The van der Waals surface area contributed by atoms with Crippen molar-refractivity contribution in [3.63, 3.8) is 0 Å². The minimum absolute atomic E-state index is 1.10. The zero-order chi connectivity index (χ0) is 6.24. The quantitative estimate of drug-likeness (QED) is 0.491. The molecule has 0 aromatic heterocycles. The molecule has 0 rings (SSSR count). The molecule has 1 heteroatoms. The van der Waals surface area contributed by atoms with Gasteiger partial charge in [-0.15, -0.1) is 0 Å². The topological polar surface area (TPSA) is 0 Å². The standard InChI is InChI=1S/C7H11.In/c1-3-5-7-6-4-2;/h3,5-7H2,1H3;. The number of rotatable bonds is 3. The Morgan fingerprint density at radius 1 is 1.38 bits per heavy atom. The van der Waals surface area contributed by atoms with Crippen LogP contribution in [0.15, 0.2) is 0 Å². The summed E-state index contributed by atoms with van der Waals surface area (Å²) in [6.45, 7) is 2.22. The first kappa shape index (κ1) is 8.43. The van der Waals surface area contributed by atoms with E-state index in [1.807, 2.05) is 0 Å². The molecule has 0 unspecified atom stereocenters. The summed E-state index contributed by atoms with van der Waals surface area (Å²) in [4.78, 5) is 0. The van der Waals surface area contributed by atoms with Gasteiger partial charge >= 0.3 is 66.6 Å². The maximum absolute atomic E-state index is 3.09. The Balaban J connectivity index is 2.79. The van der Waals surface area contributed by atoms with E-state index < -0.39 is 0 Å². The third kappa shape index (κ3) is 6.43. The van der Waals surface area contributed by atoms with Crippen LogP contribution in [0.1, 0.15) is 32.6 Å². The van der Waals surface area contributed by atoms with Crippen molar-refractivity contribution in [3.05, 3.63) is 0 Å². The second-order valence-corrected chi connectivity index (χ2v) is 2.60. The predicted octanol–water partition coefficient (Wildman–Crippen LogP) is 1.70. The molecule has 0 atom stereocenters. The Kier molecular flexibility index (Phi) is 7.83. The van der Waals surface area contributed by atoms with Crippen LogP contribution < -0.4 is 0 Å².